The monoisotopic (exact) mass is 249 g/mol. The average Bonchev–Trinajstić information content (AvgIpc) is 2.37. The lowest BCUT2D eigenvalue weighted by molar-refractivity contribution is 0.194. The first kappa shape index (κ1) is 14.6. The maximum atomic E-state index is 11.7. The first-order valence-corrected chi connectivity index (χ1v) is 6.79. The summed E-state index contributed by atoms with van der Waals surface area (Å²) in [5, 5.41) is 2.94. The van der Waals surface area contributed by atoms with Gasteiger partial charge in [0.2, 0.25) is 0 Å². The maximum Gasteiger partial charge on any atom is 0.412 e. The van der Waals surface area contributed by atoms with Crippen molar-refractivity contribution in [3.8, 4) is 5.75 Å². The molecular weight excluding hydrogens is 226 g/mol. The predicted octanol–water partition coefficient (Wildman–Crippen LogP) is 4.13. The summed E-state index contributed by atoms with van der Waals surface area (Å²) >= 11 is 0. The lowest BCUT2D eigenvalue weighted by atomic mass is 10.1. The number of rotatable bonds is 7. The number of ether oxygens (including phenoxy) is 1. The fourth-order valence-corrected chi connectivity index (χ4v) is 1.88. The van der Waals surface area contributed by atoms with Crippen molar-refractivity contribution in [1.29, 1.82) is 0 Å². The molecule has 0 aliphatic heterocycles. The van der Waals surface area contributed by atoms with Gasteiger partial charge in [-0.25, -0.2) is 4.79 Å². The molecule has 1 N–H and O–H groups in total. The highest BCUT2D eigenvalue weighted by molar-refractivity contribution is 5.70. The number of hydrogen-bond donors (Lipinski definition) is 1. The quantitative estimate of drug-likeness (QED) is 0.789. The third-order valence-electron chi connectivity index (χ3n) is 2.82. The molecule has 0 aliphatic rings. The van der Waals surface area contributed by atoms with Gasteiger partial charge in [-0.2, -0.15) is 0 Å². The van der Waals surface area contributed by atoms with E-state index < -0.39 is 0 Å². The second kappa shape index (κ2) is 8.56. The fraction of sp³-hybridized carbons (Fsp3) is 0.533. The number of carbonyl (C=O) groups excluding carboxylic acids is 1. The van der Waals surface area contributed by atoms with E-state index in [0.717, 1.165) is 32.1 Å². The normalized spacial score (nSPS) is 11.9. The van der Waals surface area contributed by atoms with Gasteiger partial charge in [-0.1, -0.05) is 51.3 Å². The van der Waals surface area contributed by atoms with Crippen LogP contribution in [-0.4, -0.2) is 12.1 Å². The molecule has 0 spiro atoms. The van der Waals surface area contributed by atoms with Crippen LogP contribution in [-0.2, 0) is 0 Å². The third-order valence-corrected chi connectivity index (χ3v) is 2.82. The highest BCUT2D eigenvalue weighted by Gasteiger charge is 2.12. The topological polar surface area (TPSA) is 38.3 Å². The molecule has 1 aromatic rings. The van der Waals surface area contributed by atoms with Crippen LogP contribution in [0.4, 0.5) is 4.79 Å². The van der Waals surface area contributed by atoms with Crippen molar-refractivity contribution in [2.75, 3.05) is 0 Å². The number of para-hydroxylation sites is 1. The van der Waals surface area contributed by atoms with Crippen molar-refractivity contribution < 1.29 is 9.53 Å². The summed E-state index contributed by atoms with van der Waals surface area (Å²) in [4.78, 5) is 11.7. The molecular formula is C15H23NO2. The van der Waals surface area contributed by atoms with E-state index in [1.54, 1.807) is 12.1 Å². The highest BCUT2D eigenvalue weighted by Crippen LogP contribution is 2.10. The molecule has 1 aromatic carbocycles. The van der Waals surface area contributed by atoms with Crippen LogP contribution < -0.4 is 10.1 Å². The SMILES string of the molecule is CCCCC(CCC)NC(=O)Oc1ccccc1. The van der Waals surface area contributed by atoms with E-state index >= 15 is 0 Å². The molecule has 1 rings (SSSR count). The largest absolute Gasteiger partial charge is 0.412 e. The number of carbonyl (C=O) groups is 1. The Morgan fingerprint density at radius 2 is 1.89 bits per heavy atom. The van der Waals surface area contributed by atoms with Gasteiger partial charge in [0, 0.05) is 6.04 Å². The van der Waals surface area contributed by atoms with Crippen LogP contribution in [0.15, 0.2) is 30.3 Å². The number of unbranched alkanes of at least 4 members (excludes halogenated alkanes) is 1. The maximum absolute atomic E-state index is 11.7. The van der Waals surface area contributed by atoms with Crippen LogP contribution in [0.5, 0.6) is 5.75 Å². The molecule has 3 nitrogen and oxygen atoms in total. The number of hydrogen-bond acceptors (Lipinski definition) is 2. The molecule has 1 unspecified atom stereocenters. The van der Waals surface area contributed by atoms with Gasteiger partial charge in [0.15, 0.2) is 0 Å². The Labute approximate surface area is 110 Å². The molecule has 0 aliphatic carbocycles. The Morgan fingerprint density at radius 3 is 2.50 bits per heavy atom. The van der Waals surface area contributed by atoms with E-state index in [4.69, 9.17) is 4.74 Å². The highest BCUT2D eigenvalue weighted by atomic mass is 16.6. The van der Waals surface area contributed by atoms with Gasteiger partial charge in [0.05, 0.1) is 0 Å². The summed E-state index contributed by atoms with van der Waals surface area (Å²) in [7, 11) is 0. The first-order valence-electron chi connectivity index (χ1n) is 6.79. The molecule has 100 valence electrons. The summed E-state index contributed by atoms with van der Waals surface area (Å²) in [6.07, 6.45) is 5.03. The van der Waals surface area contributed by atoms with Gasteiger partial charge in [-0.3, -0.25) is 0 Å². The zero-order chi connectivity index (χ0) is 13.2. The van der Waals surface area contributed by atoms with Gasteiger partial charge >= 0.3 is 6.09 Å². The number of benzene rings is 1. The average molecular weight is 249 g/mol. The molecule has 1 amide bonds. The number of nitrogens with one attached hydrogen (secondary N) is 1. The predicted molar refractivity (Wildman–Crippen MR) is 73.8 cm³/mol. The Balaban J connectivity index is 2.40. The van der Waals surface area contributed by atoms with Crippen molar-refractivity contribution in [3.05, 3.63) is 30.3 Å². The number of amides is 1. The second-order valence-electron chi connectivity index (χ2n) is 4.47. The van der Waals surface area contributed by atoms with E-state index in [2.05, 4.69) is 19.2 Å². The molecule has 1 atom stereocenters. The zero-order valence-corrected chi connectivity index (χ0v) is 11.3. The third kappa shape index (κ3) is 5.71. The molecule has 3 heteroatoms. The van der Waals surface area contributed by atoms with Crippen molar-refractivity contribution in [2.24, 2.45) is 0 Å². The van der Waals surface area contributed by atoms with E-state index in [1.807, 2.05) is 18.2 Å². The Hall–Kier alpha value is -1.51. The Bertz CT molecular complexity index is 338. The van der Waals surface area contributed by atoms with Crippen LogP contribution in [0, 0.1) is 0 Å². The minimum absolute atomic E-state index is 0.228. The summed E-state index contributed by atoms with van der Waals surface area (Å²) in [5.41, 5.74) is 0. The van der Waals surface area contributed by atoms with E-state index in [1.165, 1.54) is 0 Å². The van der Waals surface area contributed by atoms with Crippen LogP contribution in [0.1, 0.15) is 46.0 Å². The van der Waals surface area contributed by atoms with Gasteiger partial charge in [-0.05, 0) is 25.0 Å². The summed E-state index contributed by atoms with van der Waals surface area (Å²) in [6, 6.07) is 9.38. The molecule has 0 heterocycles. The van der Waals surface area contributed by atoms with E-state index in [-0.39, 0.29) is 12.1 Å². The smallest absolute Gasteiger partial charge is 0.410 e. The van der Waals surface area contributed by atoms with Crippen molar-refractivity contribution in [1.82, 2.24) is 5.32 Å². The van der Waals surface area contributed by atoms with Crippen LogP contribution in [0.2, 0.25) is 0 Å². The van der Waals surface area contributed by atoms with Gasteiger partial charge in [0.25, 0.3) is 0 Å². The lowest BCUT2D eigenvalue weighted by Gasteiger charge is -2.17. The van der Waals surface area contributed by atoms with Gasteiger partial charge in [0.1, 0.15) is 5.75 Å². The Morgan fingerprint density at radius 1 is 1.17 bits per heavy atom. The van der Waals surface area contributed by atoms with Crippen molar-refractivity contribution in [2.45, 2.75) is 52.0 Å². The van der Waals surface area contributed by atoms with E-state index in [9.17, 15) is 4.79 Å². The summed E-state index contributed by atoms with van der Waals surface area (Å²) in [6.45, 7) is 4.29. The molecule has 18 heavy (non-hydrogen) atoms. The lowest BCUT2D eigenvalue weighted by Crippen LogP contribution is -2.36. The van der Waals surface area contributed by atoms with Crippen LogP contribution in [0.25, 0.3) is 0 Å². The summed E-state index contributed by atoms with van der Waals surface area (Å²) in [5.74, 6) is 0.584. The minimum atomic E-state index is -0.351. The molecule has 0 bridgehead atoms. The van der Waals surface area contributed by atoms with Crippen LogP contribution >= 0.6 is 0 Å². The summed E-state index contributed by atoms with van der Waals surface area (Å²) < 4.78 is 5.22. The van der Waals surface area contributed by atoms with Crippen molar-refractivity contribution >= 4 is 6.09 Å². The van der Waals surface area contributed by atoms with Crippen molar-refractivity contribution in [3.63, 3.8) is 0 Å². The minimum Gasteiger partial charge on any atom is -0.410 e. The molecule has 0 saturated heterocycles. The van der Waals surface area contributed by atoms with Gasteiger partial charge < -0.3 is 10.1 Å². The van der Waals surface area contributed by atoms with E-state index in [0.29, 0.717) is 5.75 Å². The molecule has 0 saturated carbocycles. The molecule has 0 fully saturated rings. The Kier molecular flexibility index (Phi) is 6.92. The fourth-order valence-electron chi connectivity index (χ4n) is 1.88. The molecule has 0 radical (unpaired) electrons. The zero-order valence-electron chi connectivity index (χ0n) is 11.3. The second-order valence-corrected chi connectivity index (χ2v) is 4.47. The standard InChI is InChI=1S/C15H23NO2/c1-3-5-10-13(9-4-2)16-15(17)18-14-11-7-6-8-12-14/h6-8,11-13H,3-5,9-10H2,1-2H3,(H,16,17). The molecule has 0 aromatic heterocycles. The van der Waals surface area contributed by atoms with Gasteiger partial charge in [-0.15, -0.1) is 0 Å². The first-order chi connectivity index (χ1) is 8.76. The van der Waals surface area contributed by atoms with Crippen LogP contribution in [0.3, 0.4) is 0 Å².